The van der Waals surface area contributed by atoms with Crippen LogP contribution >= 0.6 is 0 Å². The van der Waals surface area contributed by atoms with Crippen molar-refractivity contribution in [2.75, 3.05) is 23.8 Å². The number of hydrogen-bond donors (Lipinski definition) is 1. The Morgan fingerprint density at radius 2 is 1.81 bits per heavy atom. The number of benzene rings is 1. The summed E-state index contributed by atoms with van der Waals surface area (Å²) < 4.78 is 38.6. The lowest BCUT2D eigenvalue weighted by Gasteiger charge is -2.20. The number of nitrogens with one attached hydrogen (secondary N) is 1. The summed E-state index contributed by atoms with van der Waals surface area (Å²) >= 11 is 0. The van der Waals surface area contributed by atoms with Gasteiger partial charge in [0.05, 0.1) is 0 Å². The van der Waals surface area contributed by atoms with Crippen LogP contribution in [0.5, 0.6) is 0 Å². The van der Waals surface area contributed by atoms with Crippen LogP contribution in [0.25, 0.3) is 0 Å². The molecule has 0 amide bonds. The van der Waals surface area contributed by atoms with Gasteiger partial charge >= 0.3 is 6.18 Å². The third-order valence-corrected chi connectivity index (χ3v) is 2.81. The molecular weight excluding hydrogens is 281 g/mol. The number of hydrogen-bond acceptors (Lipinski definition) is 4. The van der Waals surface area contributed by atoms with E-state index >= 15 is 0 Å². The second-order valence-electron chi connectivity index (χ2n) is 4.36. The van der Waals surface area contributed by atoms with E-state index < -0.39 is 12.0 Å². The van der Waals surface area contributed by atoms with Gasteiger partial charge in [-0.2, -0.15) is 13.2 Å². The van der Waals surface area contributed by atoms with E-state index in [1.165, 1.54) is 6.07 Å². The molecule has 1 aromatic carbocycles. The molecule has 0 unspecified atom stereocenters. The van der Waals surface area contributed by atoms with Crippen molar-refractivity contribution in [3.8, 4) is 0 Å². The first-order valence-electron chi connectivity index (χ1n) is 6.40. The molecule has 21 heavy (non-hydrogen) atoms. The quantitative estimate of drug-likeness (QED) is 0.934. The average Bonchev–Trinajstić information content (AvgIpc) is 2.46. The first-order chi connectivity index (χ1) is 9.91. The van der Waals surface area contributed by atoms with Gasteiger partial charge in [0.15, 0.2) is 0 Å². The summed E-state index contributed by atoms with van der Waals surface area (Å²) in [5.74, 6) is -0.823. The number of anilines is 3. The van der Waals surface area contributed by atoms with Crippen molar-refractivity contribution < 1.29 is 13.2 Å². The monoisotopic (exact) mass is 296 g/mol. The zero-order valence-corrected chi connectivity index (χ0v) is 11.6. The van der Waals surface area contributed by atoms with E-state index in [1.807, 2.05) is 18.2 Å². The maximum atomic E-state index is 12.9. The number of alkyl halides is 3. The summed E-state index contributed by atoms with van der Waals surface area (Å²) in [7, 11) is 1.66. The largest absolute Gasteiger partial charge is 0.451 e. The molecule has 0 spiro atoms. The third-order valence-electron chi connectivity index (χ3n) is 2.81. The molecule has 0 radical (unpaired) electrons. The summed E-state index contributed by atoms with van der Waals surface area (Å²) in [5, 5.41) is 2.79. The lowest BCUT2D eigenvalue weighted by molar-refractivity contribution is -0.144. The van der Waals surface area contributed by atoms with Crippen molar-refractivity contribution in [3.63, 3.8) is 0 Å². The smallest absolute Gasteiger partial charge is 0.370 e. The van der Waals surface area contributed by atoms with Crippen LogP contribution in [0, 0.1) is 0 Å². The van der Waals surface area contributed by atoms with Gasteiger partial charge in [-0.3, -0.25) is 0 Å². The number of halogens is 3. The number of aromatic nitrogens is 2. The third kappa shape index (κ3) is 3.62. The van der Waals surface area contributed by atoms with E-state index in [0.29, 0.717) is 6.54 Å². The minimum atomic E-state index is -4.59. The zero-order chi connectivity index (χ0) is 15.5. The van der Waals surface area contributed by atoms with Crippen LogP contribution in [0.2, 0.25) is 0 Å². The van der Waals surface area contributed by atoms with Gasteiger partial charge in [0.1, 0.15) is 11.6 Å². The molecule has 1 N–H and O–H groups in total. The minimum Gasteiger partial charge on any atom is -0.370 e. The Hall–Kier alpha value is -2.31. The molecule has 4 nitrogen and oxygen atoms in total. The van der Waals surface area contributed by atoms with E-state index in [9.17, 15) is 13.2 Å². The summed E-state index contributed by atoms with van der Waals surface area (Å²) in [6.07, 6.45) is -4.59. The second kappa shape index (κ2) is 5.99. The van der Waals surface area contributed by atoms with Gasteiger partial charge in [0.2, 0.25) is 5.82 Å². The molecule has 0 aliphatic carbocycles. The highest BCUT2D eigenvalue weighted by molar-refractivity contribution is 5.61. The highest BCUT2D eigenvalue weighted by Crippen LogP contribution is 2.30. The molecule has 112 valence electrons. The molecule has 0 aliphatic heterocycles. The number of para-hydroxylation sites is 1. The Labute approximate surface area is 120 Å². The molecule has 1 aromatic heterocycles. The van der Waals surface area contributed by atoms with Gasteiger partial charge in [-0.1, -0.05) is 18.2 Å². The predicted molar refractivity (Wildman–Crippen MR) is 75.7 cm³/mol. The first kappa shape index (κ1) is 15.1. The first-order valence-corrected chi connectivity index (χ1v) is 6.40. The molecule has 0 aliphatic rings. The van der Waals surface area contributed by atoms with E-state index in [4.69, 9.17) is 0 Å². The Morgan fingerprint density at radius 3 is 2.38 bits per heavy atom. The van der Waals surface area contributed by atoms with Gasteiger partial charge < -0.3 is 10.2 Å². The lowest BCUT2D eigenvalue weighted by atomic mass is 10.3. The number of nitrogens with zero attached hydrogens (tertiary/aromatic N) is 3. The topological polar surface area (TPSA) is 41.0 Å². The lowest BCUT2D eigenvalue weighted by Crippen LogP contribution is -2.18. The highest BCUT2D eigenvalue weighted by Gasteiger charge is 2.35. The van der Waals surface area contributed by atoms with E-state index in [0.717, 1.165) is 5.69 Å². The van der Waals surface area contributed by atoms with Gasteiger partial charge in [-0.05, 0) is 19.1 Å². The number of rotatable bonds is 4. The SMILES string of the molecule is CCNc1cc(N(C)c2ccccc2)nc(C(F)(F)F)n1. The predicted octanol–water partition coefficient (Wildman–Crippen LogP) is 3.70. The van der Waals surface area contributed by atoms with Gasteiger partial charge in [-0.15, -0.1) is 0 Å². The standard InChI is InChI=1S/C14H15F3N4/c1-3-18-11-9-12(20-13(19-11)14(15,16)17)21(2)10-7-5-4-6-8-10/h4-9H,3H2,1-2H3,(H,18,19,20). The van der Waals surface area contributed by atoms with Crippen LogP contribution in [-0.2, 0) is 6.18 Å². The van der Waals surface area contributed by atoms with Crippen molar-refractivity contribution in [2.24, 2.45) is 0 Å². The van der Waals surface area contributed by atoms with E-state index in [2.05, 4.69) is 15.3 Å². The van der Waals surface area contributed by atoms with E-state index in [1.54, 1.807) is 31.0 Å². The normalized spacial score (nSPS) is 11.3. The van der Waals surface area contributed by atoms with Crippen LogP contribution in [0.15, 0.2) is 36.4 Å². The summed E-state index contributed by atoms with van der Waals surface area (Å²) in [6, 6.07) is 10.5. The van der Waals surface area contributed by atoms with Crippen LogP contribution in [0.4, 0.5) is 30.5 Å². The Bertz CT molecular complexity index is 599. The maximum absolute atomic E-state index is 12.9. The summed E-state index contributed by atoms with van der Waals surface area (Å²) in [4.78, 5) is 8.69. The zero-order valence-electron chi connectivity index (χ0n) is 11.6. The van der Waals surface area contributed by atoms with Crippen molar-refractivity contribution in [3.05, 3.63) is 42.2 Å². The van der Waals surface area contributed by atoms with Crippen molar-refractivity contribution in [1.82, 2.24) is 9.97 Å². The molecule has 2 aromatic rings. The van der Waals surface area contributed by atoms with Gasteiger partial charge in [0.25, 0.3) is 0 Å². The summed E-state index contributed by atoms with van der Waals surface area (Å²) in [5.41, 5.74) is 0.742. The van der Waals surface area contributed by atoms with Crippen molar-refractivity contribution in [2.45, 2.75) is 13.1 Å². The Kier molecular flexibility index (Phi) is 4.30. The minimum absolute atomic E-state index is 0.151. The highest BCUT2D eigenvalue weighted by atomic mass is 19.4. The second-order valence-corrected chi connectivity index (χ2v) is 4.36. The van der Waals surface area contributed by atoms with Crippen LogP contribution in [0.3, 0.4) is 0 Å². The van der Waals surface area contributed by atoms with Gasteiger partial charge in [-0.25, -0.2) is 9.97 Å². The molecule has 7 heteroatoms. The van der Waals surface area contributed by atoms with Crippen LogP contribution in [-0.4, -0.2) is 23.6 Å². The molecule has 1 heterocycles. The molecule has 0 bridgehead atoms. The summed E-state index contributed by atoms with van der Waals surface area (Å²) in [6.45, 7) is 2.26. The fourth-order valence-electron chi connectivity index (χ4n) is 1.79. The van der Waals surface area contributed by atoms with Crippen molar-refractivity contribution in [1.29, 1.82) is 0 Å². The average molecular weight is 296 g/mol. The van der Waals surface area contributed by atoms with Gasteiger partial charge in [0, 0.05) is 25.3 Å². The van der Waals surface area contributed by atoms with Crippen LogP contribution in [0.1, 0.15) is 12.7 Å². The molecule has 0 fully saturated rings. The van der Waals surface area contributed by atoms with E-state index in [-0.39, 0.29) is 11.6 Å². The molecule has 0 saturated heterocycles. The Morgan fingerprint density at radius 1 is 1.14 bits per heavy atom. The molecule has 2 rings (SSSR count). The van der Waals surface area contributed by atoms with Crippen molar-refractivity contribution >= 4 is 17.3 Å². The van der Waals surface area contributed by atoms with Crippen LogP contribution < -0.4 is 10.2 Å². The fourth-order valence-corrected chi connectivity index (χ4v) is 1.79. The maximum Gasteiger partial charge on any atom is 0.451 e. The fraction of sp³-hybridized carbons (Fsp3) is 0.286. The molecular formula is C14H15F3N4. The molecule has 0 atom stereocenters. The molecule has 0 saturated carbocycles. The Balaban J connectivity index is 2.45.